The summed E-state index contributed by atoms with van der Waals surface area (Å²) in [5.74, 6) is 0. The molecule has 2 rings (SSSR count). The highest BCUT2D eigenvalue weighted by molar-refractivity contribution is 7.10. The fraction of sp³-hybridized carbons (Fsp3) is 0.143. The molecule has 0 unspecified atom stereocenters. The smallest absolute Gasteiger partial charge is 0.121 e. The number of hydrazone groups is 1. The minimum Gasteiger partial charge on any atom is -0.286 e. The molecule has 1 aliphatic heterocycles. The van der Waals surface area contributed by atoms with Gasteiger partial charge in [-0.3, -0.25) is 5.43 Å². The van der Waals surface area contributed by atoms with Gasteiger partial charge < -0.3 is 0 Å². The highest BCUT2D eigenvalue weighted by Crippen LogP contribution is 2.19. The number of hydrogen-bond donors (Lipinski definition) is 1. The number of nitrogens with one attached hydrogen (secondary N) is 1. The molecule has 1 N–H and O–H groups in total. The van der Waals surface area contributed by atoms with Gasteiger partial charge in [-0.05, 0) is 0 Å². The molecule has 3 nitrogen and oxygen atoms in total. The molecule has 0 spiro atoms. The summed E-state index contributed by atoms with van der Waals surface area (Å²) in [7, 11) is 0. The second-order valence-corrected chi connectivity index (χ2v) is 3.05. The van der Waals surface area contributed by atoms with E-state index in [4.69, 9.17) is 0 Å². The quantitative estimate of drug-likeness (QED) is 0.684. The topological polar surface area (TPSA) is 37.3 Å². The SMILES string of the molecule is C1=NNC=C(c2nccs2)C1. The Hall–Kier alpha value is -1.16. The Morgan fingerprint density at radius 2 is 2.55 bits per heavy atom. The van der Waals surface area contributed by atoms with Crippen LogP contribution in [0.25, 0.3) is 5.57 Å². The summed E-state index contributed by atoms with van der Waals surface area (Å²) in [5, 5.41) is 6.91. The molecular formula is C7H7N3S. The first kappa shape index (κ1) is 6.54. The van der Waals surface area contributed by atoms with Crippen molar-refractivity contribution >= 4 is 23.1 Å². The fourth-order valence-corrected chi connectivity index (χ4v) is 1.57. The molecule has 11 heavy (non-hydrogen) atoms. The summed E-state index contributed by atoms with van der Waals surface area (Å²) in [4.78, 5) is 4.19. The van der Waals surface area contributed by atoms with E-state index in [1.54, 1.807) is 11.3 Å². The molecule has 0 aromatic carbocycles. The number of rotatable bonds is 1. The summed E-state index contributed by atoms with van der Waals surface area (Å²) < 4.78 is 0. The molecule has 0 amide bonds. The van der Waals surface area contributed by atoms with Crippen molar-refractivity contribution in [2.45, 2.75) is 6.42 Å². The molecule has 4 heteroatoms. The summed E-state index contributed by atoms with van der Waals surface area (Å²) in [5.41, 5.74) is 4.00. The summed E-state index contributed by atoms with van der Waals surface area (Å²) >= 11 is 1.65. The lowest BCUT2D eigenvalue weighted by Gasteiger charge is -2.04. The van der Waals surface area contributed by atoms with E-state index in [9.17, 15) is 0 Å². The maximum absolute atomic E-state index is 4.19. The van der Waals surface area contributed by atoms with Gasteiger partial charge in [0.1, 0.15) is 5.01 Å². The molecular weight excluding hydrogens is 158 g/mol. The molecule has 0 fully saturated rings. The second kappa shape index (κ2) is 2.84. The fourth-order valence-electron chi connectivity index (χ4n) is 0.902. The van der Waals surface area contributed by atoms with Gasteiger partial charge in [0.15, 0.2) is 0 Å². The largest absolute Gasteiger partial charge is 0.286 e. The molecule has 2 heterocycles. The molecule has 0 bridgehead atoms. The van der Waals surface area contributed by atoms with Crippen LogP contribution >= 0.6 is 11.3 Å². The van der Waals surface area contributed by atoms with Crippen molar-refractivity contribution in [3.63, 3.8) is 0 Å². The van der Waals surface area contributed by atoms with Gasteiger partial charge in [0.05, 0.1) is 0 Å². The van der Waals surface area contributed by atoms with E-state index in [1.165, 1.54) is 5.57 Å². The van der Waals surface area contributed by atoms with Crippen LogP contribution in [-0.2, 0) is 0 Å². The molecule has 1 aromatic heterocycles. The minimum absolute atomic E-state index is 0.876. The van der Waals surface area contributed by atoms with Crippen LogP contribution in [0.4, 0.5) is 0 Å². The van der Waals surface area contributed by atoms with Crippen LogP contribution < -0.4 is 5.43 Å². The Morgan fingerprint density at radius 3 is 3.18 bits per heavy atom. The molecule has 0 aliphatic carbocycles. The van der Waals surface area contributed by atoms with Gasteiger partial charge >= 0.3 is 0 Å². The van der Waals surface area contributed by atoms with Crippen molar-refractivity contribution in [2.24, 2.45) is 5.10 Å². The maximum Gasteiger partial charge on any atom is 0.121 e. The predicted octanol–water partition coefficient (Wildman–Crippen LogP) is 1.46. The van der Waals surface area contributed by atoms with Gasteiger partial charge in [-0.15, -0.1) is 11.3 Å². The highest BCUT2D eigenvalue weighted by atomic mass is 32.1. The Labute approximate surface area is 68.5 Å². The van der Waals surface area contributed by atoms with Gasteiger partial charge in [0, 0.05) is 36.0 Å². The Kier molecular flexibility index (Phi) is 1.69. The first-order valence-corrected chi connectivity index (χ1v) is 4.21. The highest BCUT2D eigenvalue weighted by Gasteiger charge is 2.04. The summed E-state index contributed by atoms with van der Waals surface area (Å²) in [6.07, 6.45) is 6.42. The lowest BCUT2D eigenvalue weighted by molar-refractivity contribution is 0.953. The Balaban J connectivity index is 2.24. The molecule has 56 valence electrons. The lowest BCUT2D eigenvalue weighted by atomic mass is 10.2. The average molecular weight is 165 g/mol. The number of aromatic nitrogens is 1. The third-order valence-corrected chi connectivity index (χ3v) is 2.27. The third-order valence-electron chi connectivity index (χ3n) is 1.42. The Bertz CT molecular complexity index is 287. The normalized spacial score (nSPS) is 15.8. The van der Waals surface area contributed by atoms with Crippen molar-refractivity contribution in [3.8, 4) is 0 Å². The van der Waals surface area contributed by atoms with Crippen molar-refractivity contribution in [3.05, 3.63) is 22.8 Å². The van der Waals surface area contributed by atoms with Crippen LogP contribution in [0.1, 0.15) is 11.4 Å². The molecule has 1 aliphatic rings. The van der Waals surface area contributed by atoms with Gasteiger partial charge in [-0.25, -0.2) is 4.98 Å². The second-order valence-electron chi connectivity index (χ2n) is 2.15. The van der Waals surface area contributed by atoms with Crippen LogP contribution in [0.2, 0.25) is 0 Å². The molecule has 0 atom stereocenters. The van der Waals surface area contributed by atoms with Crippen molar-refractivity contribution in [1.82, 2.24) is 10.4 Å². The van der Waals surface area contributed by atoms with Crippen molar-refractivity contribution in [1.29, 1.82) is 0 Å². The first-order chi connectivity index (χ1) is 5.47. The lowest BCUT2D eigenvalue weighted by Crippen LogP contribution is -2.02. The van der Waals surface area contributed by atoms with E-state index in [2.05, 4.69) is 15.5 Å². The Morgan fingerprint density at radius 1 is 1.55 bits per heavy atom. The minimum atomic E-state index is 0.876. The molecule has 1 aromatic rings. The van der Waals surface area contributed by atoms with E-state index in [1.807, 2.05) is 24.0 Å². The van der Waals surface area contributed by atoms with Gasteiger partial charge in [0.25, 0.3) is 0 Å². The van der Waals surface area contributed by atoms with Crippen LogP contribution in [-0.4, -0.2) is 11.2 Å². The van der Waals surface area contributed by atoms with Gasteiger partial charge in [0.2, 0.25) is 0 Å². The van der Waals surface area contributed by atoms with Gasteiger partial charge in [-0.2, -0.15) is 5.10 Å². The first-order valence-electron chi connectivity index (χ1n) is 3.33. The average Bonchev–Trinajstić information content (AvgIpc) is 2.58. The molecule has 0 saturated heterocycles. The van der Waals surface area contributed by atoms with E-state index in [0.29, 0.717) is 0 Å². The van der Waals surface area contributed by atoms with Crippen molar-refractivity contribution in [2.75, 3.05) is 0 Å². The standard InChI is InChI=1S/C7H7N3S/c1-2-9-10-5-6(1)7-8-3-4-11-7/h2-5,10H,1H2. The molecule has 0 radical (unpaired) electrons. The number of hydrogen-bond acceptors (Lipinski definition) is 4. The van der Waals surface area contributed by atoms with E-state index < -0.39 is 0 Å². The summed E-state index contributed by atoms with van der Waals surface area (Å²) in [6.45, 7) is 0. The zero-order valence-electron chi connectivity index (χ0n) is 5.82. The zero-order chi connectivity index (χ0) is 7.52. The van der Waals surface area contributed by atoms with E-state index in [-0.39, 0.29) is 0 Å². The third kappa shape index (κ3) is 1.30. The van der Waals surface area contributed by atoms with Crippen LogP contribution in [0.5, 0.6) is 0 Å². The number of allylic oxidation sites excluding steroid dienone is 1. The summed E-state index contributed by atoms with van der Waals surface area (Å²) in [6, 6.07) is 0. The number of thiazole rings is 1. The zero-order valence-corrected chi connectivity index (χ0v) is 6.64. The maximum atomic E-state index is 4.19. The van der Waals surface area contributed by atoms with Crippen molar-refractivity contribution < 1.29 is 0 Å². The van der Waals surface area contributed by atoms with Crippen LogP contribution in [0.15, 0.2) is 22.9 Å². The van der Waals surface area contributed by atoms with Crippen LogP contribution in [0.3, 0.4) is 0 Å². The molecule has 0 saturated carbocycles. The van der Waals surface area contributed by atoms with Crippen LogP contribution in [0, 0.1) is 0 Å². The van der Waals surface area contributed by atoms with E-state index in [0.717, 1.165) is 11.4 Å². The number of nitrogens with zero attached hydrogens (tertiary/aromatic N) is 2. The predicted molar refractivity (Wildman–Crippen MR) is 46.3 cm³/mol. The van der Waals surface area contributed by atoms with E-state index >= 15 is 0 Å². The monoisotopic (exact) mass is 165 g/mol. The van der Waals surface area contributed by atoms with Gasteiger partial charge in [-0.1, -0.05) is 0 Å².